The normalized spacial score (nSPS) is 13.5. The molecular weight excluding hydrogens is 393 g/mol. The zero-order valence-corrected chi connectivity index (χ0v) is 18.2. The predicted molar refractivity (Wildman–Crippen MR) is 118 cm³/mol. The van der Waals surface area contributed by atoms with Gasteiger partial charge in [0, 0.05) is 25.1 Å². The van der Waals surface area contributed by atoms with Gasteiger partial charge in [0.25, 0.3) is 0 Å². The first-order valence-electron chi connectivity index (χ1n) is 10.8. The summed E-state index contributed by atoms with van der Waals surface area (Å²) in [5.74, 6) is 1.44. The van der Waals surface area contributed by atoms with Crippen LogP contribution in [0, 0.1) is 17.7 Å². The Labute approximate surface area is 182 Å². The first-order valence-corrected chi connectivity index (χ1v) is 10.8. The minimum absolute atomic E-state index is 0.136. The van der Waals surface area contributed by atoms with Crippen LogP contribution in [0.15, 0.2) is 54.6 Å². The Hall–Kier alpha value is -3.15. The first kappa shape index (κ1) is 21.1. The Morgan fingerprint density at radius 1 is 1.16 bits per heavy atom. The molecule has 1 aliphatic carbocycles. The fourth-order valence-electron chi connectivity index (χ4n) is 3.72. The van der Waals surface area contributed by atoms with Gasteiger partial charge in [0.15, 0.2) is 0 Å². The van der Waals surface area contributed by atoms with E-state index < -0.39 is 0 Å². The topological polar surface area (TPSA) is 47.4 Å². The molecule has 0 spiro atoms. The standard InChI is InChI=1S/C25H28FN3O2/c1-17(2)15-29(24(30)19-9-10-19)16-22-23(18-7-5-4-6-8-18)27-28(3)25(22)31-21-13-11-20(26)12-14-21/h4-8,11-14,17,19H,9-10,15-16H2,1-3H3. The van der Waals surface area contributed by atoms with Gasteiger partial charge in [-0.1, -0.05) is 44.2 Å². The van der Waals surface area contributed by atoms with E-state index in [2.05, 4.69) is 13.8 Å². The van der Waals surface area contributed by atoms with Gasteiger partial charge in [-0.15, -0.1) is 0 Å². The summed E-state index contributed by atoms with van der Waals surface area (Å²) >= 11 is 0. The van der Waals surface area contributed by atoms with Crippen LogP contribution in [0.5, 0.6) is 11.6 Å². The lowest BCUT2D eigenvalue weighted by Crippen LogP contribution is -2.35. The number of amides is 1. The molecule has 0 radical (unpaired) electrons. The molecule has 1 aliphatic rings. The molecular formula is C25H28FN3O2. The second-order valence-corrected chi connectivity index (χ2v) is 8.56. The van der Waals surface area contributed by atoms with Crippen molar-refractivity contribution in [2.45, 2.75) is 33.2 Å². The summed E-state index contributed by atoms with van der Waals surface area (Å²) in [5.41, 5.74) is 2.61. The maximum Gasteiger partial charge on any atom is 0.225 e. The molecule has 0 aliphatic heterocycles. The quantitative estimate of drug-likeness (QED) is 0.488. The Bertz CT molecular complexity index is 1040. The molecule has 162 valence electrons. The maximum absolute atomic E-state index is 13.4. The summed E-state index contributed by atoms with van der Waals surface area (Å²) in [6.07, 6.45) is 1.93. The SMILES string of the molecule is CC(C)CN(Cc1c(-c2ccccc2)nn(C)c1Oc1ccc(F)cc1)C(=O)C1CC1. The number of benzene rings is 2. The van der Waals surface area contributed by atoms with Crippen molar-refractivity contribution in [1.29, 1.82) is 0 Å². The van der Waals surface area contributed by atoms with Crippen LogP contribution in [0.2, 0.25) is 0 Å². The van der Waals surface area contributed by atoms with E-state index in [-0.39, 0.29) is 17.6 Å². The second kappa shape index (κ2) is 8.92. The summed E-state index contributed by atoms with van der Waals surface area (Å²) in [4.78, 5) is 15.0. The van der Waals surface area contributed by atoms with Gasteiger partial charge < -0.3 is 9.64 Å². The molecule has 0 N–H and O–H groups in total. The summed E-state index contributed by atoms with van der Waals surface area (Å²) in [5, 5.41) is 4.73. The van der Waals surface area contributed by atoms with Crippen LogP contribution in [-0.4, -0.2) is 27.1 Å². The van der Waals surface area contributed by atoms with E-state index >= 15 is 0 Å². The van der Waals surface area contributed by atoms with Crippen LogP contribution in [0.4, 0.5) is 4.39 Å². The fraction of sp³-hybridized carbons (Fsp3) is 0.360. The van der Waals surface area contributed by atoms with E-state index in [4.69, 9.17) is 9.84 Å². The molecule has 0 saturated heterocycles. The molecule has 1 heterocycles. The average molecular weight is 422 g/mol. The smallest absolute Gasteiger partial charge is 0.225 e. The summed E-state index contributed by atoms with van der Waals surface area (Å²) in [6.45, 7) is 5.32. The first-order chi connectivity index (χ1) is 14.9. The third-order valence-electron chi connectivity index (χ3n) is 5.34. The van der Waals surface area contributed by atoms with Crippen molar-refractivity contribution >= 4 is 5.91 Å². The average Bonchev–Trinajstić information content (AvgIpc) is 3.56. The van der Waals surface area contributed by atoms with Gasteiger partial charge in [-0.2, -0.15) is 5.10 Å². The van der Waals surface area contributed by atoms with E-state index in [9.17, 15) is 9.18 Å². The molecule has 31 heavy (non-hydrogen) atoms. The number of ether oxygens (including phenoxy) is 1. The van der Waals surface area contributed by atoms with Crippen molar-refractivity contribution in [3.8, 4) is 22.9 Å². The van der Waals surface area contributed by atoms with Gasteiger partial charge >= 0.3 is 0 Å². The van der Waals surface area contributed by atoms with Crippen LogP contribution in [-0.2, 0) is 18.4 Å². The Balaban J connectivity index is 1.74. The molecule has 4 rings (SSSR count). The largest absolute Gasteiger partial charge is 0.439 e. The van der Waals surface area contributed by atoms with Gasteiger partial charge in [0.2, 0.25) is 11.8 Å². The number of carbonyl (C=O) groups excluding carboxylic acids is 1. The van der Waals surface area contributed by atoms with Gasteiger partial charge in [0.1, 0.15) is 17.3 Å². The van der Waals surface area contributed by atoms with Crippen molar-refractivity contribution in [2.75, 3.05) is 6.54 Å². The van der Waals surface area contributed by atoms with Crippen molar-refractivity contribution in [3.63, 3.8) is 0 Å². The summed E-state index contributed by atoms with van der Waals surface area (Å²) in [6, 6.07) is 15.8. The molecule has 3 aromatic rings. The highest BCUT2D eigenvalue weighted by Gasteiger charge is 2.35. The third kappa shape index (κ3) is 4.95. The highest BCUT2D eigenvalue weighted by Crippen LogP contribution is 2.36. The highest BCUT2D eigenvalue weighted by atomic mass is 19.1. The van der Waals surface area contributed by atoms with Crippen molar-refractivity contribution < 1.29 is 13.9 Å². The van der Waals surface area contributed by atoms with E-state index in [0.717, 1.165) is 29.7 Å². The number of hydrogen-bond acceptors (Lipinski definition) is 3. The molecule has 0 bridgehead atoms. The minimum Gasteiger partial charge on any atom is -0.439 e. The molecule has 1 saturated carbocycles. The van der Waals surface area contributed by atoms with Crippen molar-refractivity contribution in [1.82, 2.24) is 14.7 Å². The molecule has 0 atom stereocenters. The second-order valence-electron chi connectivity index (χ2n) is 8.56. The van der Waals surface area contributed by atoms with E-state index in [1.54, 1.807) is 16.8 Å². The zero-order valence-electron chi connectivity index (χ0n) is 18.2. The third-order valence-corrected chi connectivity index (χ3v) is 5.34. The van der Waals surface area contributed by atoms with Crippen LogP contribution >= 0.6 is 0 Å². The lowest BCUT2D eigenvalue weighted by Gasteiger charge is -2.25. The molecule has 0 unspecified atom stereocenters. The van der Waals surface area contributed by atoms with Gasteiger partial charge in [0.05, 0.1) is 12.1 Å². The lowest BCUT2D eigenvalue weighted by atomic mass is 10.1. The highest BCUT2D eigenvalue weighted by molar-refractivity contribution is 5.81. The molecule has 1 amide bonds. The Morgan fingerprint density at radius 3 is 2.45 bits per heavy atom. The molecule has 6 heteroatoms. The number of carbonyl (C=O) groups is 1. The fourth-order valence-corrected chi connectivity index (χ4v) is 3.72. The summed E-state index contributed by atoms with van der Waals surface area (Å²) < 4.78 is 21.2. The zero-order chi connectivity index (χ0) is 22.0. The van der Waals surface area contributed by atoms with E-state index in [0.29, 0.717) is 30.6 Å². The predicted octanol–water partition coefficient (Wildman–Crippen LogP) is 5.41. The van der Waals surface area contributed by atoms with E-state index in [1.165, 1.54) is 12.1 Å². The number of nitrogens with zero attached hydrogens (tertiary/aromatic N) is 3. The van der Waals surface area contributed by atoms with Crippen LogP contribution in [0.25, 0.3) is 11.3 Å². The molecule has 2 aromatic carbocycles. The molecule has 5 nitrogen and oxygen atoms in total. The van der Waals surface area contributed by atoms with Crippen LogP contribution in [0.1, 0.15) is 32.3 Å². The minimum atomic E-state index is -0.319. The van der Waals surface area contributed by atoms with Crippen molar-refractivity contribution in [3.05, 3.63) is 66.0 Å². The van der Waals surface area contributed by atoms with Gasteiger partial charge in [-0.25, -0.2) is 9.07 Å². The number of hydrogen-bond donors (Lipinski definition) is 0. The van der Waals surface area contributed by atoms with Crippen LogP contribution in [0.3, 0.4) is 0 Å². The maximum atomic E-state index is 13.4. The Kier molecular flexibility index (Phi) is 6.07. The number of halogens is 1. The van der Waals surface area contributed by atoms with Crippen LogP contribution < -0.4 is 4.74 Å². The monoisotopic (exact) mass is 421 g/mol. The summed E-state index contributed by atoms with van der Waals surface area (Å²) in [7, 11) is 1.82. The number of aromatic nitrogens is 2. The molecule has 1 fully saturated rings. The Morgan fingerprint density at radius 2 is 1.84 bits per heavy atom. The van der Waals surface area contributed by atoms with Crippen molar-refractivity contribution in [2.24, 2.45) is 18.9 Å². The lowest BCUT2D eigenvalue weighted by molar-refractivity contribution is -0.133. The van der Waals surface area contributed by atoms with Gasteiger partial charge in [-0.05, 0) is 43.0 Å². The number of aryl methyl sites for hydroxylation is 1. The molecule has 1 aromatic heterocycles. The number of rotatable bonds is 8. The van der Waals surface area contributed by atoms with E-state index in [1.807, 2.05) is 42.3 Å². The van der Waals surface area contributed by atoms with Gasteiger partial charge in [-0.3, -0.25) is 4.79 Å².